The normalized spacial score (nSPS) is 23.1. The van der Waals surface area contributed by atoms with Gasteiger partial charge < -0.3 is 19.9 Å². The maximum Gasteiger partial charge on any atom is 0.240 e. The maximum absolute atomic E-state index is 12.9. The summed E-state index contributed by atoms with van der Waals surface area (Å²) in [6.45, 7) is 0.230. The molecule has 2 aromatic carbocycles. The molecule has 1 aliphatic heterocycles. The lowest BCUT2D eigenvalue weighted by molar-refractivity contribution is -0.122. The number of aliphatic hydroxyl groups is 1. The first-order valence-corrected chi connectivity index (χ1v) is 12.8. The number of para-hydroxylation sites is 1. The number of aliphatic hydroxyl groups excluding tert-OH is 1. The molecule has 1 saturated heterocycles. The minimum Gasteiger partial charge on any atom is -0.457 e. The Morgan fingerprint density at radius 3 is 2.36 bits per heavy atom. The van der Waals surface area contributed by atoms with Gasteiger partial charge in [-0.3, -0.25) is 4.79 Å². The molecule has 0 spiro atoms. The molecule has 0 bridgehead atoms. The number of benzene rings is 2. The summed E-state index contributed by atoms with van der Waals surface area (Å²) in [4.78, 5) is 11.9. The van der Waals surface area contributed by atoms with E-state index in [-0.39, 0.29) is 29.4 Å². The number of hydrogen-bond acceptors (Lipinski definition) is 6. The first-order chi connectivity index (χ1) is 15.9. The SMILES string of the molecule is O=C(NCC[C@H]1CC[C@H](NS(=O)(=O)c2ccc(Oc3ccccc3)cc2)[C@@H](CO)O1)C1CC1. The van der Waals surface area contributed by atoms with Gasteiger partial charge >= 0.3 is 0 Å². The Labute approximate surface area is 194 Å². The Bertz CT molecular complexity index is 1020. The Morgan fingerprint density at radius 1 is 1.00 bits per heavy atom. The Balaban J connectivity index is 1.30. The molecule has 2 fully saturated rings. The van der Waals surface area contributed by atoms with Gasteiger partial charge in [-0.15, -0.1) is 0 Å². The lowest BCUT2D eigenvalue weighted by atomic mass is 9.98. The van der Waals surface area contributed by atoms with Crippen LogP contribution in [-0.4, -0.2) is 50.8 Å². The highest BCUT2D eigenvalue weighted by Crippen LogP contribution is 2.29. The highest BCUT2D eigenvalue weighted by Gasteiger charge is 2.34. The molecule has 4 rings (SSSR count). The monoisotopic (exact) mass is 474 g/mol. The number of carbonyl (C=O) groups excluding carboxylic acids is 1. The molecular weight excluding hydrogens is 444 g/mol. The topological polar surface area (TPSA) is 114 Å². The summed E-state index contributed by atoms with van der Waals surface area (Å²) in [6.07, 6.45) is 2.98. The van der Waals surface area contributed by atoms with E-state index in [1.54, 1.807) is 12.1 Å². The Kier molecular flexibility index (Phi) is 7.64. The zero-order chi connectivity index (χ0) is 23.3. The quantitative estimate of drug-likeness (QED) is 0.488. The molecule has 0 radical (unpaired) electrons. The van der Waals surface area contributed by atoms with E-state index in [0.717, 1.165) is 12.8 Å². The Morgan fingerprint density at radius 2 is 1.70 bits per heavy atom. The summed E-state index contributed by atoms with van der Waals surface area (Å²) in [5.74, 6) is 1.46. The molecule has 1 heterocycles. The molecule has 0 unspecified atom stereocenters. The number of nitrogens with one attached hydrogen (secondary N) is 2. The smallest absolute Gasteiger partial charge is 0.240 e. The second-order valence-corrected chi connectivity index (χ2v) is 10.2. The van der Waals surface area contributed by atoms with Gasteiger partial charge in [-0.2, -0.15) is 0 Å². The van der Waals surface area contributed by atoms with E-state index in [0.29, 0.717) is 37.3 Å². The molecule has 33 heavy (non-hydrogen) atoms. The van der Waals surface area contributed by atoms with Crippen molar-refractivity contribution in [2.24, 2.45) is 5.92 Å². The molecule has 8 nitrogen and oxygen atoms in total. The van der Waals surface area contributed by atoms with Crippen LogP contribution in [0.25, 0.3) is 0 Å². The van der Waals surface area contributed by atoms with Gasteiger partial charge in [-0.25, -0.2) is 13.1 Å². The summed E-state index contributed by atoms with van der Waals surface area (Å²) >= 11 is 0. The summed E-state index contributed by atoms with van der Waals surface area (Å²) in [6, 6.07) is 14.9. The van der Waals surface area contributed by atoms with Gasteiger partial charge in [0.05, 0.1) is 29.8 Å². The van der Waals surface area contributed by atoms with Crippen LogP contribution in [0, 0.1) is 5.92 Å². The summed E-state index contributed by atoms with van der Waals surface area (Å²) in [7, 11) is -3.79. The predicted octanol–water partition coefficient (Wildman–Crippen LogP) is 2.58. The van der Waals surface area contributed by atoms with Crippen molar-refractivity contribution in [3.05, 3.63) is 54.6 Å². The lowest BCUT2D eigenvalue weighted by Gasteiger charge is -2.36. The molecule has 1 aliphatic carbocycles. The van der Waals surface area contributed by atoms with Gasteiger partial charge in [0.1, 0.15) is 11.5 Å². The highest BCUT2D eigenvalue weighted by molar-refractivity contribution is 7.89. The van der Waals surface area contributed by atoms with E-state index < -0.39 is 22.2 Å². The summed E-state index contributed by atoms with van der Waals surface area (Å²) < 4.78 is 40.1. The lowest BCUT2D eigenvalue weighted by Crippen LogP contribution is -2.51. The van der Waals surface area contributed by atoms with E-state index >= 15 is 0 Å². The number of amides is 1. The molecule has 2 aromatic rings. The molecule has 2 aliphatic rings. The van der Waals surface area contributed by atoms with Gasteiger partial charge in [-0.05, 0) is 68.5 Å². The van der Waals surface area contributed by atoms with Crippen LogP contribution in [0.5, 0.6) is 11.5 Å². The molecule has 3 N–H and O–H groups in total. The van der Waals surface area contributed by atoms with Crippen LogP contribution < -0.4 is 14.8 Å². The Hall–Kier alpha value is -2.46. The second-order valence-electron chi connectivity index (χ2n) is 8.52. The fraction of sp³-hybridized carbons (Fsp3) is 0.458. The van der Waals surface area contributed by atoms with Crippen LogP contribution in [0.4, 0.5) is 0 Å². The molecule has 9 heteroatoms. The molecule has 1 amide bonds. The molecule has 3 atom stereocenters. The fourth-order valence-corrected chi connectivity index (χ4v) is 5.20. The number of carbonyl (C=O) groups is 1. The van der Waals surface area contributed by atoms with E-state index in [9.17, 15) is 18.3 Å². The standard InChI is InChI=1S/C24H30N2O6S/c27-16-23-22(13-10-20(32-23)14-15-25-24(28)17-6-7-17)26-33(29,30)21-11-8-19(9-12-21)31-18-4-2-1-3-5-18/h1-5,8-9,11-12,17,20,22-23,26-27H,6-7,10,13-16H2,(H,25,28)/t20-,22+,23-/m1/s1. The van der Waals surface area contributed by atoms with Crippen LogP contribution in [0.1, 0.15) is 32.1 Å². The number of ether oxygens (including phenoxy) is 2. The third kappa shape index (κ3) is 6.54. The van der Waals surface area contributed by atoms with E-state index in [4.69, 9.17) is 9.47 Å². The molecule has 178 valence electrons. The highest BCUT2D eigenvalue weighted by atomic mass is 32.2. The van der Waals surface area contributed by atoms with Crippen LogP contribution in [0.15, 0.2) is 59.5 Å². The second kappa shape index (κ2) is 10.6. The van der Waals surface area contributed by atoms with Crippen LogP contribution >= 0.6 is 0 Å². The van der Waals surface area contributed by atoms with Gasteiger partial charge in [0.15, 0.2) is 0 Å². The first kappa shape index (κ1) is 23.7. The molecule has 1 saturated carbocycles. The third-order valence-electron chi connectivity index (χ3n) is 5.93. The van der Waals surface area contributed by atoms with Crippen molar-refractivity contribution < 1.29 is 27.8 Å². The van der Waals surface area contributed by atoms with E-state index in [2.05, 4.69) is 10.0 Å². The minimum atomic E-state index is -3.79. The van der Waals surface area contributed by atoms with E-state index in [1.165, 1.54) is 12.1 Å². The number of hydrogen-bond donors (Lipinski definition) is 3. The van der Waals surface area contributed by atoms with Crippen molar-refractivity contribution in [2.75, 3.05) is 13.2 Å². The minimum absolute atomic E-state index is 0.0929. The van der Waals surface area contributed by atoms with Crippen molar-refractivity contribution in [2.45, 2.75) is 55.2 Å². The van der Waals surface area contributed by atoms with Gasteiger partial charge in [0, 0.05) is 12.5 Å². The maximum atomic E-state index is 12.9. The van der Waals surface area contributed by atoms with Crippen LogP contribution in [-0.2, 0) is 19.6 Å². The fourth-order valence-electron chi connectivity index (χ4n) is 3.90. The van der Waals surface area contributed by atoms with Crippen molar-refractivity contribution >= 4 is 15.9 Å². The average molecular weight is 475 g/mol. The van der Waals surface area contributed by atoms with E-state index in [1.807, 2.05) is 30.3 Å². The van der Waals surface area contributed by atoms with Crippen LogP contribution in [0.3, 0.4) is 0 Å². The zero-order valence-corrected chi connectivity index (χ0v) is 19.2. The summed E-state index contributed by atoms with van der Waals surface area (Å²) in [5, 5.41) is 12.7. The van der Waals surface area contributed by atoms with Crippen molar-refractivity contribution in [1.82, 2.24) is 10.0 Å². The number of sulfonamides is 1. The van der Waals surface area contributed by atoms with Crippen LogP contribution in [0.2, 0.25) is 0 Å². The summed E-state index contributed by atoms with van der Waals surface area (Å²) in [5.41, 5.74) is 0. The molecular formula is C24H30N2O6S. The predicted molar refractivity (Wildman–Crippen MR) is 122 cm³/mol. The van der Waals surface area contributed by atoms with Gasteiger partial charge in [-0.1, -0.05) is 18.2 Å². The van der Waals surface area contributed by atoms with Gasteiger partial charge in [0.2, 0.25) is 15.9 Å². The van der Waals surface area contributed by atoms with Crippen molar-refractivity contribution in [3.8, 4) is 11.5 Å². The largest absolute Gasteiger partial charge is 0.457 e. The molecule has 0 aromatic heterocycles. The van der Waals surface area contributed by atoms with Crippen molar-refractivity contribution in [1.29, 1.82) is 0 Å². The first-order valence-electron chi connectivity index (χ1n) is 11.3. The zero-order valence-electron chi connectivity index (χ0n) is 18.4. The number of rotatable bonds is 10. The average Bonchev–Trinajstić information content (AvgIpc) is 3.66. The van der Waals surface area contributed by atoms with Gasteiger partial charge in [0.25, 0.3) is 0 Å². The van der Waals surface area contributed by atoms with Crippen molar-refractivity contribution in [3.63, 3.8) is 0 Å². The third-order valence-corrected chi connectivity index (χ3v) is 7.43.